The van der Waals surface area contributed by atoms with E-state index in [2.05, 4.69) is 4.99 Å². The molecule has 1 aromatic heterocycles. The van der Waals surface area contributed by atoms with E-state index in [4.69, 9.17) is 16.0 Å². The van der Waals surface area contributed by atoms with Crippen molar-refractivity contribution in [2.24, 2.45) is 4.99 Å². The molecule has 0 radical (unpaired) electrons. The normalized spacial score (nSPS) is 9.00. The molecule has 0 aliphatic carbocycles. The molecule has 0 aliphatic heterocycles. The molecule has 0 N–H and O–H groups in total. The van der Waals surface area contributed by atoms with Crippen LogP contribution in [0.25, 0.3) is 0 Å². The van der Waals surface area contributed by atoms with E-state index in [0.717, 1.165) is 0 Å². The molecule has 0 spiro atoms. The Bertz CT molecular complexity index is 286. The summed E-state index contributed by atoms with van der Waals surface area (Å²) in [7, 11) is 0. The summed E-state index contributed by atoms with van der Waals surface area (Å²) in [6.07, 6.45) is 1.37. The van der Waals surface area contributed by atoms with Crippen LogP contribution in [0.4, 0.5) is 5.69 Å². The summed E-state index contributed by atoms with van der Waals surface area (Å²) in [4.78, 5) is 13.0. The molecule has 0 bridgehead atoms. The molecule has 0 atom stereocenters. The molecule has 52 valence electrons. The van der Waals surface area contributed by atoms with Crippen LogP contribution in [0, 0.1) is 6.92 Å². The van der Waals surface area contributed by atoms with Crippen molar-refractivity contribution in [3.05, 3.63) is 17.0 Å². The number of aryl methyl sites for hydroxylation is 1. The van der Waals surface area contributed by atoms with Gasteiger partial charge in [0, 0.05) is 6.07 Å². The van der Waals surface area contributed by atoms with E-state index < -0.39 is 0 Å². The largest absolute Gasteiger partial charge is 0.448 e. The van der Waals surface area contributed by atoms with E-state index in [1.807, 2.05) is 0 Å². The van der Waals surface area contributed by atoms with Gasteiger partial charge in [-0.05, 0) is 18.5 Å². The molecular weight excluding hydrogens is 154 g/mol. The van der Waals surface area contributed by atoms with Gasteiger partial charge < -0.3 is 4.42 Å². The highest BCUT2D eigenvalue weighted by atomic mass is 35.5. The van der Waals surface area contributed by atoms with Crippen molar-refractivity contribution in [1.82, 2.24) is 0 Å². The molecule has 1 aromatic rings. The van der Waals surface area contributed by atoms with Crippen molar-refractivity contribution in [2.75, 3.05) is 0 Å². The maximum atomic E-state index is 9.74. The van der Waals surface area contributed by atoms with Crippen LogP contribution in [0.15, 0.2) is 15.5 Å². The summed E-state index contributed by atoms with van der Waals surface area (Å²) in [5.74, 6) is 0.624. The summed E-state index contributed by atoms with van der Waals surface area (Å²) < 4.78 is 4.86. The molecule has 10 heavy (non-hydrogen) atoms. The highest BCUT2D eigenvalue weighted by Gasteiger charge is 2.03. The van der Waals surface area contributed by atoms with E-state index in [-0.39, 0.29) is 5.22 Å². The van der Waals surface area contributed by atoms with Gasteiger partial charge in [-0.1, -0.05) is 0 Å². The summed E-state index contributed by atoms with van der Waals surface area (Å²) in [5.41, 5.74) is 0.328. The Hall–Kier alpha value is -1.05. The fourth-order valence-corrected chi connectivity index (χ4v) is 0.816. The number of isocyanates is 1. The molecule has 0 fully saturated rings. The van der Waals surface area contributed by atoms with Crippen LogP contribution in [-0.4, -0.2) is 6.08 Å². The first-order chi connectivity index (χ1) is 4.74. The van der Waals surface area contributed by atoms with Gasteiger partial charge in [0.05, 0.1) is 0 Å². The predicted molar refractivity (Wildman–Crippen MR) is 36.2 cm³/mol. The molecule has 0 saturated heterocycles. The Balaban J connectivity index is 3.14. The van der Waals surface area contributed by atoms with Crippen molar-refractivity contribution < 1.29 is 9.21 Å². The predicted octanol–water partition coefficient (Wildman–Crippen LogP) is 2.21. The van der Waals surface area contributed by atoms with Gasteiger partial charge in [-0.15, -0.1) is 0 Å². The first-order valence-electron chi connectivity index (χ1n) is 2.58. The van der Waals surface area contributed by atoms with Crippen LogP contribution in [0.5, 0.6) is 0 Å². The van der Waals surface area contributed by atoms with Gasteiger partial charge in [0.1, 0.15) is 11.4 Å². The molecule has 1 heterocycles. The monoisotopic (exact) mass is 157 g/mol. The number of carbonyl (C=O) groups excluding carboxylic acids is 1. The minimum absolute atomic E-state index is 0.126. The van der Waals surface area contributed by atoms with Gasteiger partial charge in [-0.25, -0.2) is 4.79 Å². The number of rotatable bonds is 1. The van der Waals surface area contributed by atoms with Crippen molar-refractivity contribution in [1.29, 1.82) is 0 Å². The number of furan rings is 1. The van der Waals surface area contributed by atoms with Crippen LogP contribution in [0.2, 0.25) is 5.22 Å². The van der Waals surface area contributed by atoms with Gasteiger partial charge >= 0.3 is 0 Å². The summed E-state index contributed by atoms with van der Waals surface area (Å²) in [6, 6.07) is 1.56. The van der Waals surface area contributed by atoms with Gasteiger partial charge in [0.15, 0.2) is 0 Å². The van der Waals surface area contributed by atoms with E-state index >= 15 is 0 Å². The summed E-state index contributed by atoms with van der Waals surface area (Å²) >= 11 is 5.48. The molecule has 3 nitrogen and oxygen atoms in total. The third-order valence-corrected chi connectivity index (χ3v) is 1.23. The average Bonchev–Trinajstić information content (AvgIpc) is 2.13. The van der Waals surface area contributed by atoms with E-state index in [9.17, 15) is 4.79 Å². The number of nitrogens with zero attached hydrogens (tertiary/aromatic N) is 1. The van der Waals surface area contributed by atoms with Crippen molar-refractivity contribution >= 4 is 23.4 Å². The first-order valence-corrected chi connectivity index (χ1v) is 2.95. The van der Waals surface area contributed by atoms with Crippen molar-refractivity contribution in [3.8, 4) is 0 Å². The maximum Gasteiger partial charge on any atom is 0.240 e. The Labute approximate surface area is 62.3 Å². The number of halogens is 1. The number of hydrogen-bond acceptors (Lipinski definition) is 3. The summed E-state index contributed by atoms with van der Waals surface area (Å²) in [6.45, 7) is 1.72. The number of hydrogen-bond donors (Lipinski definition) is 0. The fraction of sp³-hybridized carbons (Fsp3) is 0.167. The molecule has 4 heteroatoms. The molecule has 1 rings (SSSR count). The molecule has 0 unspecified atom stereocenters. The Morgan fingerprint density at radius 1 is 1.80 bits per heavy atom. The molecule has 0 saturated carbocycles. The van der Waals surface area contributed by atoms with Crippen LogP contribution in [-0.2, 0) is 4.79 Å². The molecule has 0 amide bonds. The van der Waals surface area contributed by atoms with E-state index in [0.29, 0.717) is 11.4 Å². The third-order valence-electron chi connectivity index (χ3n) is 0.958. The minimum Gasteiger partial charge on any atom is -0.448 e. The third kappa shape index (κ3) is 1.26. The quantitative estimate of drug-likeness (QED) is 0.463. The van der Waals surface area contributed by atoms with Gasteiger partial charge in [0.2, 0.25) is 11.3 Å². The fourth-order valence-electron chi connectivity index (χ4n) is 0.598. The highest BCUT2D eigenvalue weighted by Crippen LogP contribution is 2.27. The maximum absolute atomic E-state index is 9.74. The van der Waals surface area contributed by atoms with Gasteiger partial charge in [0.25, 0.3) is 0 Å². The second-order valence-electron chi connectivity index (χ2n) is 1.72. The second-order valence-corrected chi connectivity index (χ2v) is 2.06. The lowest BCUT2D eigenvalue weighted by atomic mass is 10.4. The van der Waals surface area contributed by atoms with Crippen LogP contribution < -0.4 is 0 Å². The summed E-state index contributed by atoms with van der Waals surface area (Å²) in [5, 5.41) is 0.126. The van der Waals surface area contributed by atoms with Crippen LogP contribution in [0.1, 0.15) is 5.76 Å². The Kier molecular flexibility index (Phi) is 1.90. The van der Waals surface area contributed by atoms with Gasteiger partial charge in [-0.2, -0.15) is 4.99 Å². The highest BCUT2D eigenvalue weighted by molar-refractivity contribution is 6.31. The zero-order valence-corrected chi connectivity index (χ0v) is 5.97. The van der Waals surface area contributed by atoms with Crippen LogP contribution in [0.3, 0.4) is 0 Å². The zero-order valence-electron chi connectivity index (χ0n) is 5.22. The average molecular weight is 158 g/mol. The van der Waals surface area contributed by atoms with Crippen molar-refractivity contribution in [3.63, 3.8) is 0 Å². The van der Waals surface area contributed by atoms with E-state index in [1.54, 1.807) is 13.0 Å². The number of aliphatic imine (C=N–C) groups is 1. The first kappa shape index (κ1) is 7.06. The topological polar surface area (TPSA) is 42.6 Å². The molecular formula is C6H4ClNO2. The lowest BCUT2D eigenvalue weighted by Crippen LogP contribution is -1.53. The lowest BCUT2D eigenvalue weighted by Gasteiger charge is -1.77. The molecule has 0 aromatic carbocycles. The Morgan fingerprint density at radius 2 is 2.50 bits per heavy atom. The van der Waals surface area contributed by atoms with Crippen molar-refractivity contribution in [2.45, 2.75) is 6.92 Å². The Morgan fingerprint density at radius 3 is 2.90 bits per heavy atom. The minimum atomic E-state index is 0.126. The standard InChI is InChI=1S/C6H4ClNO2/c1-4-2-5(8-3-9)6(7)10-4/h2H,1H3. The molecule has 0 aliphatic rings. The smallest absolute Gasteiger partial charge is 0.240 e. The van der Waals surface area contributed by atoms with Crippen LogP contribution >= 0.6 is 11.6 Å². The lowest BCUT2D eigenvalue weighted by molar-refractivity contribution is 0.536. The second kappa shape index (κ2) is 2.69. The SMILES string of the molecule is Cc1cc(N=C=O)c(Cl)o1. The van der Waals surface area contributed by atoms with Gasteiger partial charge in [-0.3, -0.25) is 0 Å². The zero-order chi connectivity index (χ0) is 7.56. The van der Waals surface area contributed by atoms with E-state index in [1.165, 1.54) is 6.08 Å².